The molecule has 0 saturated carbocycles. The van der Waals surface area contributed by atoms with Gasteiger partial charge in [0.1, 0.15) is 17.8 Å². The van der Waals surface area contributed by atoms with Gasteiger partial charge in [0.15, 0.2) is 12.3 Å². The summed E-state index contributed by atoms with van der Waals surface area (Å²) in [6.07, 6.45) is -3.03. The highest BCUT2D eigenvalue weighted by molar-refractivity contribution is 6.30. The Labute approximate surface area is 197 Å². The summed E-state index contributed by atoms with van der Waals surface area (Å²) in [6, 6.07) is 11.9. The SMILES string of the molecule is O=C(COc1ccc(OC(F)(F)F)cc1)NCc1nc(C(=O)NCCc2cccc(Cl)c2)co1. The molecule has 2 aromatic carbocycles. The summed E-state index contributed by atoms with van der Waals surface area (Å²) in [6.45, 7) is -0.105. The number of ether oxygens (including phenoxy) is 2. The largest absolute Gasteiger partial charge is 0.573 e. The molecule has 180 valence electrons. The number of amides is 2. The predicted molar refractivity (Wildman–Crippen MR) is 114 cm³/mol. The van der Waals surface area contributed by atoms with Crippen LogP contribution in [0.25, 0.3) is 0 Å². The fourth-order valence-electron chi connectivity index (χ4n) is 2.71. The Morgan fingerprint density at radius 2 is 1.79 bits per heavy atom. The molecule has 0 fully saturated rings. The number of carbonyl (C=O) groups is 2. The zero-order valence-corrected chi connectivity index (χ0v) is 18.3. The normalized spacial score (nSPS) is 11.1. The molecule has 0 aliphatic rings. The summed E-state index contributed by atoms with van der Waals surface area (Å²) in [5.41, 5.74) is 1.04. The third-order valence-electron chi connectivity index (χ3n) is 4.24. The van der Waals surface area contributed by atoms with Crippen LogP contribution in [-0.4, -0.2) is 36.3 Å². The average molecular weight is 498 g/mol. The van der Waals surface area contributed by atoms with E-state index in [9.17, 15) is 22.8 Å². The number of hydrogen-bond donors (Lipinski definition) is 2. The van der Waals surface area contributed by atoms with Gasteiger partial charge in [0, 0.05) is 11.6 Å². The van der Waals surface area contributed by atoms with E-state index in [1.807, 2.05) is 18.2 Å². The zero-order valence-electron chi connectivity index (χ0n) is 17.5. The number of rotatable bonds is 10. The van der Waals surface area contributed by atoms with Crippen LogP contribution in [0.15, 0.2) is 59.2 Å². The van der Waals surface area contributed by atoms with Crippen molar-refractivity contribution >= 4 is 23.4 Å². The van der Waals surface area contributed by atoms with Crippen LogP contribution < -0.4 is 20.1 Å². The molecule has 0 aliphatic heterocycles. The van der Waals surface area contributed by atoms with Gasteiger partial charge in [0.05, 0.1) is 6.54 Å². The van der Waals surface area contributed by atoms with E-state index in [0.29, 0.717) is 18.0 Å². The van der Waals surface area contributed by atoms with E-state index in [0.717, 1.165) is 17.7 Å². The second-order valence-corrected chi connectivity index (χ2v) is 7.28. The predicted octanol–water partition coefficient (Wildman–Crippen LogP) is 3.89. The molecule has 1 aromatic heterocycles. The molecule has 0 aliphatic carbocycles. The lowest BCUT2D eigenvalue weighted by Gasteiger charge is -2.10. The first-order chi connectivity index (χ1) is 16.2. The van der Waals surface area contributed by atoms with Crippen LogP contribution in [0.5, 0.6) is 11.5 Å². The van der Waals surface area contributed by atoms with Crippen LogP contribution in [0.3, 0.4) is 0 Å². The molecule has 3 rings (SSSR count). The van der Waals surface area contributed by atoms with Gasteiger partial charge in [-0.1, -0.05) is 23.7 Å². The van der Waals surface area contributed by atoms with Gasteiger partial charge in [-0.2, -0.15) is 0 Å². The summed E-state index contributed by atoms with van der Waals surface area (Å²) < 4.78 is 50.6. The van der Waals surface area contributed by atoms with Gasteiger partial charge < -0.3 is 24.5 Å². The maximum atomic E-state index is 12.2. The highest BCUT2D eigenvalue weighted by Crippen LogP contribution is 2.24. The standard InChI is InChI=1S/C22H19ClF3N3O5/c23-15-3-1-2-14(10-15)8-9-27-21(31)18-12-33-20(29-18)11-28-19(30)13-32-16-4-6-17(7-5-16)34-22(24,25)26/h1-7,10,12H,8-9,11,13H2,(H,27,31)(H,28,30). The second kappa shape index (κ2) is 11.4. The Kier molecular flexibility index (Phi) is 8.36. The van der Waals surface area contributed by atoms with Crippen molar-refractivity contribution < 1.29 is 36.7 Å². The number of carbonyl (C=O) groups excluding carboxylic acids is 2. The Bertz CT molecular complexity index is 1120. The maximum Gasteiger partial charge on any atom is 0.573 e. The average Bonchev–Trinajstić information content (AvgIpc) is 3.25. The quantitative estimate of drug-likeness (QED) is 0.440. The topological polar surface area (TPSA) is 103 Å². The Balaban J connectivity index is 1.37. The summed E-state index contributed by atoms with van der Waals surface area (Å²) in [4.78, 5) is 28.1. The van der Waals surface area contributed by atoms with E-state index in [4.69, 9.17) is 20.8 Å². The summed E-state index contributed by atoms with van der Waals surface area (Å²) in [5.74, 6) is -1.07. The van der Waals surface area contributed by atoms with Gasteiger partial charge in [0.2, 0.25) is 5.89 Å². The Morgan fingerprint density at radius 3 is 2.50 bits per heavy atom. The van der Waals surface area contributed by atoms with E-state index in [1.165, 1.54) is 18.4 Å². The molecule has 8 nitrogen and oxygen atoms in total. The van der Waals surface area contributed by atoms with Crippen molar-refractivity contribution in [1.82, 2.24) is 15.6 Å². The minimum absolute atomic E-state index is 0.0627. The molecule has 0 saturated heterocycles. The molecule has 2 N–H and O–H groups in total. The first kappa shape index (κ1) is 24.9. The summed E-state index contributed by atoms with van der Waals surface area (Å²) in [5, 5.41) is 5.83. The van der Waals surface area contributed by atoms with E-state index in [2.05, 4.69) is 20.4 Å². The first-order valence-electron chi connectivity index (χ1n) is 9.90. The second-order valence-electron chi connectivity index (χ2n) is 6.85. The zero-order chi connectivity index (χ0) is 24.6. The molecule has 0 unspecified atom stereocenters. The van der Waals surface area contributed by atoms with Crippen LogP contribution in [0.4, 0.5) is 13.2 Å². The number of aromatic nitrogens is 1. The van der Waals surface area contributed by atoms with Gasteiger partial charge in [-0.3, -0.25) is 9.59 Å². The Morgan fingerprint density at radius 1 is 1.06 bits per heavy atom. The molecule has 34 heavy (non-hydrogen) atoms. The molecule has 0 spiro atoms. The number of benzene rings is 2. The third kappa shape index (κ3) is 8.32. The van der Waals surface area contributed by atoms with Crippen molar-refractivity contribution in [2.75, 3.05) is 13.2 Å². The van der Waals surface area contributed by atoms with Crippen molar-refractivity contribution in [1.29, 1.82) is 0 Å². The fourth-order valence-corrected chi connectivity index (χ4v) is 2.92. The number of alkyl halides is 3. The number of nitrogens with zero attached hydrogens (tertiary/aromatic N) is 1. The number of nitrogens with one attached hydrogen (secondary N) is 2. The van der Waals surface area contributed by atoms with Crippen LogP contribution in [-0.2, 0) is 17.8 Å². The molecular weight excluding hydrogens is 479 g/mol. The molecular formula is C22H19ClF3N3O5. The summed E-state index contributed by atoms with van der Waals surface area (Å²) in [7, 11) is 0. The minimum Gasteiger partial charge on any atom is -0.484 e. The van der Waals surface area contributed by atoms with Crippen LogP contribution >= 0.6 is 11.6 Å². The molecule has 0 atom stereocenters. The monoisotopic (exact) mass is 497 g/mol. The number of hydrogen-bond acceptors (Lipinski definition) is 6. The van der Waals surface area contributed by atoms with Crippen molar-refractivity contribution in [3.8, 4) is 11.5 Å². The van der Waals surface area contributed by atoms with Crippen molar-refractivity contribution in [3.63, 3.8) is 0 Å². The maximum absolute atomic E-state index is 12.2. The smallest absolute Gasteiger partial charge is 0.484 e. The van der Waals surface area contributed by atoms with Gasteiger partial charge in [-0.25, -0.2) is 4.98 Å². The lowest BCUT2D eigenvalue weighted by molar-refractivity contribution is -0.274. The highest BCUT2D eigenvalue weighted by atomic mass is 35.5. The Hall–Kier alpha value is -3.73. The van der Waals surface area contributed by atoms with E-state index < -0.39 is 30.5 Å². The van der Waals surface area contributed by atoms with E-state index >= 15 is 0 Å². The molecule has 12 heteroatoms. The summed E-state index contributed by atoms with van der Waals surface area (Å²) >= 11 is 5.93. The fraction of sp³-hybridized carbons (Fsp3) is 0.227. The van der Waals surface area contributed by atoms with E-state index in [-0.39, 0.29) is 23.9 Å². The van der Waals surface area contributed by atoms with Crippen LogP contribution in [0.2, 0.25) is 5.02 Å². The van der Waals surface area contributed by atoms with Crippen molar-refractivity contribution in [2.24, 2.45) is 0 Å². The minimum atomic E-state index is -4.79. The molecule has 3 aromatic rings. The van der Waals surface area contributed by atoms with Gasteiger partial charge in [-0.15, -0.1) is 13.2 Å². The highest BCUT2D eigenvalue weighted by Gasteiger charge is 2.31. The third-order valence-corrected chi connectivity index (χ3v) is 4.47. The molecule has 0 radical (unpaired) electrons. The van der Waals surface area contributed by atoms with Gasteiger partial charge in [-0.05, 0) is 48.4 Å². The van der Waals surface area contributed by atoms with E-state index in [1.54, 1.807) is 6.07 Å². The number of halogens is 4. The van der Waals surface area contributed by atoms with Gasteiger partial charge >= 0.3 is 6.36 Å². The van der Waals surface area contributed by atoms with Crippen LogP contribution in [0, 0.1) is 0 Å². The van der Waals surface area contributed by atoms with Crippen molar-refractivity contribution in [3.05, 3.63) is 77.0 Å². The lowest BCUT2D eigenvalue weighted by atomic mass is 10.1. The van der Waals surface area contributed by atoms with Crippen molar-refractivity contribution in [2.45, 2.75) is 19.3 Å². The number of oxazole rings is 1. The molecule has 2 amide bonds. The molecule has 1 heterocycles. The van der Waals surface area contributed by atoms with Crippen LogP contribution in [0.1, 0.15) is 21.9 Å². The molecule has 0 bridgehead atoms. The first-order valence-corrected chi connectivity index (χ1v) is 10.3. The lowest BCUT2D eigenvalue weighted by Crippen LogP contribution is -2.29. The van der Waals surface area contributed by atoms with Gasteiger partial charge in [0.25, 0.3) is 11.8 Å².